The van der Waals surface area contributed by atoms with Gasteiger partial charge in [0.25, 0.3) is 0 Å². The monoisotopic (exact) mass is 263 g/mol. The number of hydrogen-bond donors (Lipinski definition) is 2. The second-order valence-electron chi connectivity index (χ2n) is 5.43. The van der Waals surface area contributed by atoms with Crippen LogP contribution in [0, 0.1) is 6.92 Å². The number of aromatic nitrogens is 1. The zero-order valence-electron chi connectivity index (χ0n) is 11.8. The van der Waals surface area contributed by atoms with Gasteiger partial charge < -0.3 is 15.3 Å². The molecular weight excluding hydrogens is 238 g/mol. The molecule has 4 heteroatoms. The van der Waals surface area contributed by atoms with Crippen LogP contribution < -0.4 is 5.32 Å². The fraction of sp³-hybridized carbons (Fsp3) is 0.667. The quantitative estimate of drug-likeness (QED) is 0.760. The van der Waals surface area contributed by atoms with Gasteiger partial charge in [-0.1, -0.05) is 6.07 Å². The first-order valence-electron chi connectivity index (χ1n) is 7.27. The highest BCUT2D eigenvalue weighted by Gasteiger charge is 2.15. The molecule has 1 fully saturated rings. The summed E-state index contributed by atoms with van der Waals surface area (Å²) < 4.78 is 0. The molecule has 0 unspecified atom stereocenters. The van der Waals surface area contributed by atoms with Crippen LogP contribution in [0.2, 0.25) is 0 Å². The number of aryl methyl sites for hydroxylation is 1. The molecule has 0 bridgehead atoms. The summed E-state index contributed by atoms with van der Waals surface area (Å²) in [5, 5.41) is 12.9. The number of nitrogens with zero attached hydrogens (tertiary/aromatic N) is 2. The average Bonchev–Trinajstić information content (AvgIpc) is 2.43. The van der Waals surface area contributed by atoms with Crippen molar-refractivity contribution in [3.63, 3.8) is 0 Å². The Morgan fingerprint density at radius 3 is 2.84 bits per heavy atom. The van der Waals surface area contributed by atoms with E-state index in [1.807, 2.05) is 6.20 Å². The van der Waals surface area contributed by atoms with E-state index in [1.54, 1.807) is 0 Å². The van der Waals surface area contributed by atoms with Crippen molar-refractivity contribution in [1.29, 1.82) is 0 Å². The molecule has 1 aromatic heterocycles. The maximum Gasteiger partial charge on any atom is 0.0564 e. The largest absolute Gasteiger partial charge is 0.393 e. The molecule has 19 heavy (non-hydrogen) atoms. The Hall–Kier alpha value is -0.970. The van der Waals surface area contributed by atoms with Crippen LogP contribution in [-0.2, 0) is 6.54 Å². The smallest absolute Gasteiger partial charge is 0.0564 e. The Morgan fingerprint density at radius 1 is 1.37 bits per heavy atom. The van der Waals surface area contributed by atoms with Crippen LogP contribution in [0.25, 0.3) is 0 Å². The van der Waals surface area contributed by atoms with Gasteiger partial charge in [0.2, 0.25) is 0 Å². The van der Waals surface area contributed by atoms with E-state index >= 15 is 0 Å². The van der Waals surface area contributed by atoms with Crippen molar-refractivity contribution in [3.8, 4) is 0 Å². The fourth-order valence-corrected chi connectivity index (χ4v) is 2.39. The average molecular weight is 263 g/mol. The lowest BCUT2D eigenvalue weighted by atomic mass is 10.1. The van der Waals surface area contributed by atoms with Crippen LogP contribution in [-0.4, -0.2) is 47.3 Å². The third-order valence-electron chi connectivity index (χ3n) is 3.66. The Balaban J connectivity index is 1.53. The van der Waals surface area contributed by atoms with Crippen molar-refractivity contribution in [2.45, 2.75) is 38.8 Å². The van der Waals surface area contributed by atoms with Gasteiger partial charge in [-0.25, -0.2) is 0 Å². The molecule has 1 aliphatic rings. The summed E-state index contributed by atoms with van der Waals surface area (Å²) in [6.45, 7) is 7.13. The lowest BCUT2D eigenvalue weighted by Crippen LogP contribution is -2.37. The van der Waals surface area contributed by atoms with Crippen molar-refractivity contribution >= 4 is 0 Å². The number of pyridine rings is 1. The van der Waals surface area contributed by atoms with Crippen molar-refractivity contribution in [2.24, 2.45) is 0 Å². The van der Waals surface area contributed by atoms with Gasteiger partial charge in [-0.3, -0.25) is 4.98 Å². The molecule has 2 heterocycles. The molecule has 0 amide bonds. The highest BCUT2D eigenvalue weighted by molar-refractivity contribution is 5.11. The molecule has 106 valence electrons. The van der Waals surface area contributed by atoms with E-state index in [2.05, 4.69) is 34.3 Å². The van der Waals surface area contributed by atoms with Crippen LogP contribution in [0.15, 0.2) is 18.3 Å². The molecule has 0 aromatic carbocycles. The normalized spacial score (nSPS) is 17.8. The van der Waals surface area contributed by atoms with Crippen LogP contribution in [0.4, 0.5) is 0 Å². The number of aliphatic hydroxyl groups excluding tert-OH is 1. The third kappa shape index (κ3) is 5.27. The van der Waals surface area contributed by atoms with Crippen LogP contribution in [0.3, 0.4) is 0 Å². The van der Waals surface area contributed by atoms with E-state index < -0.39 is 0 Å². The zero-order chi connectivity index (χ0) is 13.5. The molecule has 0 aliphatic carbocycles. The zero-order valence-corrected chi connectivity index (χ0v) is 11.8. The predicted octanol–water partition coefficient (Wildman–Crippen LogP) is 1.33. The Kier molecular flexibility index (Phi) is 5.76. The van der Waals surface area contributed by atoms with Crippen molar-refractivity contribution in [1.82, 2.24) is 15.2 Å². The third-order valence-corrected chi connectivity index (χ3v) is 3.66. The van der Waals surface area contributed by atoms with E-state index in [4.69, 9.17) is 0 Å². The molecule has 1 aromatic rings. The van der Waals surface area contributed by atoms with Crippen LogP contribution in [0.5, 0.6) is 0 Å². The summed E-state index contributed by atoms with van der Waals surface area (Å²) in [6.07, 6.45) is 4.86. The first kappa shape index (κ1) is 14.4. The Morgan fingerprint density at radius 2 is 2.16 bits per heavy atom. The first-order chi connectivity index (χ1) is 9.24. The van der Waals surface area contributed by atoms with Gasteiger partial charge in [0.1, 0.15) is 0 Å². The minimum atomic E-state index is -0.0676. The molecule has 0 saturated carbocycles. The lowest BCUT2D eigenvalue weighted by molar-refractivity contribution is 0.0821. The summed E-state index contributed by atoms with van der Waals surface area (Å²) in [5.74, 6) is 0. The molecule has 0 radical (unpaired) electrons. The molecular formula is C15H25N3O. The van der Waals surface area contributed by atoms with Gasteiger partial charge in [-0.15, -0.1) is 0 Å². The van der Waals surface area contributed by atoms with Gasteiger partial charge in [0, 0.05) is 25.8 Å². The second-order valence-corrected chi connectivity index (χ2v) is 5.43. The molecule has 0 spiro atoms. The SMILES string of the molecule is Cc1ccc(CNCCCN2CCC(O)CC2)nc1. The number of piperidine rings is 1. The van der Waals surface area contributed by atoms with E-state index in [0.29, 0.717) is 0 Å². The highest BCUT2D eigenvalue weighted by atomic mass is 16.3. The predicted molar refractivity (Wildman–Crippen MR) is 77.0 cm³/mol. The summed E-state index contributed by atoms with van der Waals surface area (Å²) in [4.78, 5) is 6.82. The van der Waals surface area contributed by atoms with Crippen molar-refractivity contribution in [3.05, 3.63) is 29.6 Å². The minimum Gasteiger partial charge on any atom is -0.393 e. The van der Waals surface area contributed by atoms with Crippen molar-refractivity contribution in [2.75, 3.05) is 26.2 Å². The van der Waals surface area contributed by atoms with E-state index in [1.165, 1.54) is 5.56 Å². The summed E-state index contributed by atoms with van der Waals surface area (Å²) in [5.41, 5.74) is 2.31. The molecule has 4 nitrogen and oxygen atoms in total. The molecule has 0 atom stereocenters. The summed E-state index contributed by atoms with van der Waals surface area (Å²) in [7, 11) is 0. The van der Waals surface area contributed by atoms with Gasteiger partial charge in [0.05, 0.1) is 11.8 Å². The summed E-state index contributed by atoms with van der Waals surface area (Å²) >= 11 is 0. The van der Waals surface area contributed by atoms with E-state index in [9.17, 15) is 5.11 Å². The van der Waals surface area contributed by atoms with Gasteiger partial charge >= 0.3 is 0 Å². The number of rotatable bonds is 6. The first-order valence-corrected chi connectivity index (χ1v) is 7.27. The Bertz CT molecular complexity index is 358. The number of aliphatic hydroxyl groups is 1. The topological polar surface area (TPSA) is 48.4 Å². The molecule has 1 saturated heterocycles. The second kappa shape index (κ2) is 7.58. The maximum absolute atomic E-state index is 9.44. The molecule has 2 N–H and O–H groups in total. The van der Waals surface area contributed by atoms with E-state index in [-0.39, 0.29) is 6.10 Å². The van der Waals surface area contributed by atoms with Gasteiger partial charge in [0.15, 0.2) is 0 Å². The number of nitrogens with one attached hydrogen (secondary N) is 1. The fourth-order valence-electron chi connectivity index (χ4n) is 2.39. The lowest BCUT2D eigenvalue weighted by Gasteiger charge is -2.29. The molecule has 2 rings (SSSR count). The standard InChI is InChI=1S/C15H25N3O/c1-13-3-4-14(17-11-13)12-16-7-2-8-18-9-5-15(19)6-10-18/h3-4,11,15-16,19H,2,5-10,12H2,1H3. The van der Waals surface area contributed by atoms with Crippen molar-refractivity contribution < 1.29 is 5.11 Å². The minimum absolute atomic E-state index is 0.0676. The maximum atomic E-state index is 9.44. The van der Waals surface area contributed by atoms with Crippen LogP contribution >= 0.6 is 0 Å². The number of hydrogen-bond acceptors (Lipinski definition) is 4. The van der Waals surface area contributed by atoms with Gasteiger partial charge in [-0.05, 0) is 50.9 Å². The highest BCUT2D eigenvalue weighted by Crippen LogP contribution is 2.09. The van der Waals surface area contributed by atoms with E-state index in [0.717, 1.165) is 57.7 Å². The van der Waals surface area contributed by atoms with Gasteiger partial charge in [-0.2, -0.15) is 0 Å². The summed E-state index contributed by atoms with van der Waals surface area (Å²) in [6, 6.07) is 4.18. The van der Waals surface area contributed by atoms with Crippen LogP contribution in [0.1, 0.15) is 30.5 Å². The molecule has 1 aliphatic heterocycles. The number of likely N-dealkylation sites (tertiary alicyclic amines) is 1. The Labute approximate surface area is 115 Å².